The minimum absolute atomic E-state index is 0.128. The van der Waals surface area contributed by atoms with Crippen molar-refractivity contribution in [3.8, 4) is 22.8 Å². The summed E-state index contributed by atoms with van der Waals surface area (Å²) in [4.78, 5) is 4.14. The minimum Gasteiger partial charge on any atom is -0.398 e. The van der Waals surface area contributed by atoms with E-state index >= 15 is 0 Å². The predicted molar refractivity (Wildman–Crippen MR) is 74.5 cm³/mol. The fourth-order valence-corrected chi connectivity index (χ4v) is 2.09. The quantitative estimate of drug-likeness (QED) is 0.729. The Morgan fingerprint density at radius 2 is 1.67 bits per heavy atom. The van der Waals surface area contributed by atoms with Crippen LogP contribution in [0, 0.1) is 11.6 Å². The molecule has 0 aliphatic carbocycles. The number of nitrogen functional groups attached to an aromatic ring is 1. The van der Waals surface area contributed by atoms with Gasteiger partial charge in [-0.25, -0.2) is 8.78 Å². The summed E-state index contributed by atoms with van der Waals surface area (Å²) in [6, 6.07) is 7.67. The van der Waals surface area contributed by atoms with E-state index < -0.39 is 11.6 Å². The first kappa shape index (κ1) is 13.5. The largest absolute Gasteiger partial charge is 0.398 e. The van der Waals surface area contributed by atoms with E-state index in [9.17, 15) is 8.78 Å². The summed E-state index contributed by atoms with van der Waals surface area (Å²) in [5, 5.41) is 3.94. The molecule has 21 heavy (non-hydrogen) atoms. The van der Waals surface area contributed by atoms with Crippen LogP contribution in [0.3, 0.4) is 0 Å². The van der Waals surface area contributed by atoms with Gasteiger partial charge in [0.1, 0.15) is 11.6 Å². The molecule has 0 fully saturated rings. The molecule has 4 nitrogen and oxygen atoms in total. The maximum absolute atomic E-state index is 13.0. The van der Waals surface area contributed by atoms with Crippen LogP contribution in [0.25, 0.3) is 22.8 Å². The Labute approximate surface area is 123 Å². The van der Waals surface area contributed by atoms with Crippen LogP contribution < -0.4 is 5.73 Å². The number of nitrogens with zero attached hydrogens (tertiary/aromatic N) is 2. The third-order valence-electron chi connectivity index (χ3n) is 2.84. The van der Waals surface area contributed by atoms with Crippen molar-refractivity contribution in [2.24, 2.45) is 0 Å². The Balaban J connectivity index is 2.03. The van der Waals surface area contributed by atoms with Crippen LogP contribution in [-0.2, 0) is 0 Å². The molecule has 1 aromatic heterocycles. The van der Waals surface area contributed by atoms with Gasteiger partial charge >= 0.3 is 0 Å². The van der Waals surface area contributed by atoms with Crippen LogP contribution in [0.4, 0.5) is 14.5 Å². The van der Waals surface area contributed by atoms with Gasteiger partial charge in [0.15, 0.2) is 0 Å². The van der Waals surface area contributed by atoms with E-state index in [1.165, 1.54) is 24.3 Å². The van der Waals surface area contributed by atoms with Crippen LogP contribution in [0.2, 0.25) is 5.02 Å². The van der Waals surface area contributed by atoms with E-state index in [0.29, 0.717) is 11.1 Å². The fraction of sp³-hybridized carbons (Fsp3) is 0. The first-order valence-electron chi connectivity index (χ1n) is 5.89. The van der Waals surface area contributed by atoms with Gasteiger partial charge in [0, 0.05) is 11.3 Å². The topological polar surface area (TPSA) is 64.9 Å². The van der Waals surface area contributed by atoms with Crippen LogP contribution in [0.15, 0.2) is 40.9 Å². The van der Waals surface area contributed by atoms with Crippen molar-refractivity contribution < 1.29 is 13.3 Å². The van der Waals surface area contributed by atoms with Crippen LogP contribution in [-0.4, -0.2) is 10.1 Å². The molecular formula is C14H8ClF2N3O. The standard InChI is InChI=1S/C14H8ClF2N3O/c15-11-5-7(16)1-3-9(11)13-19-14(21-20-13)10-4-2-8(17)6-12(10)18/h1-6H,18H2. The van der Waals surface area contributed by atoms with Gasteiger partial charge in [-0.15, -0.1) is 0 Å². The number of rotatable bonds is 2. The lowest BCUT2D eigenvalue weighted by Crippen LogP contribution is -1.91. The Morgan fingerprint density at radius 1 is 1.00 bits per heavy atom. The van der Waals surface area contributed by atoms with Gasteiger partial charge < -0.3 is 10.3 Å². The zero-order valence-electron chi connectivity index (χ0n) is 10.5. The van der Waals surface area contributed by atoms with Crippen LogP contribution in [0.5, 0.6) is 0 Å². The number of anilines is 1. The van der Waals surface area contributed by atoms with Crippen molar-refractivity contribution >= 4 is 17.3 Å². The average molecular weight is 308 g/mol. The molecular weight excluding hydrogens is 300 g/mol. The molecule has 3 rings (SSSR count). The molecule has 0 aliphatic heterocycles. The lowest BCUT2D eigenvalue weighted by atomic mass is 10.1. The normalized spacial score (nSPS) is 10.8. The molecule has 3 aromatic rings. The van der Waals surface area contributed by atoms with Crippen molar-refractivity contribution in [2.45, 2.75) is 0 Å². The minimum atomic E-state index is -0.463. The van der Waals surface area contributed by atoms with Crippen molar-refractivity contribution in [3.63, 3.8) is 0 Å². The van der Waals surface area contributed by atoms with E-state index in [1.807, 2.05) is 0 Å². The predicted octanol–water partition coefficient (Wildman–Crippen LogP) is 3.92. The van der Waals surface area contributed by atoms with Gasteiger partial charge in [-0.05, 0) is 36.4 Å². The van der Waals surface area contributed by atoms with E-state index in [4.69, 9.17) is 21.9 Å². The summed E-state index contributed by atoms with van der Waals surface area (Å²) < 4.78 is 31.1. The van der Waals surface area contributed by atoms with Crippen molar-refractivity contribution in [1.82, 2.24) is 10.1 Å². The molecule has 0 bridgehead atoms. The highest BCUT2D eigenvalue weighted by atomic mass is 35.5. The van der Waals surface area contributed by atoms with E-state index in [2.05, 4.69) is 10.1 Å². The highest BCUT2D eigenvalue weighted by Crippen LogP contribution is 2.30. The second kappa shape index (κ2) is 5.14. The second-order valence-electron chi connectivity index (χ2n) is 4.28. The molecule has 7 heteroatoms. The summed E-state index contributed by atoms with van der Waals surface area (Å²) in [6.07, 6.45) is 0. The number of hydrogen-bond acceptors (Lipinski definition) is 4. The average Bonchev–Trinajstić information content (AvgIpc) is 2.87. The molecule has 0 unspecified atom stereocenters. The number of halogens is 3. The number of hydrogen-bond donors (Lipinski definition) is 1. The monoisotopic (exact) mass is 307 g/mol. The van der Waals surface area contributed by atoms with E-state index in [-0.39, 0.29) is 22.4 Å². The van der Waals surface area contributed by atoms with Gasteiger partial charge in [-0.3, -0.25) is 0 Å². The van der Waals surface area contributed by atoms with Gasteiger partial charge in [0.25, 0.3) is 5.89 Å². The second-order valence-corrected chi connectivity index (χ2v) is 4.69. The third kappa shape index (κ3) is 2.57. The lowest BCUT2D eigenvalue weighted by molar-refractivity contribution is 0.432. The van der Waals surface area contributed by atoms with Crippen molar-refractivity contribution in [1.29, 1.82) is 0 Å². The van der Waals surface area contributed by atoms with E-state index in [0.717, 1.165) is 12.1 Å². The summed E-state index contributed by atoms with van der Waals surface area (Å²) in [5.74, 6) is -0.602. The molecule has 0 amide bonds. The Morgan fingerprint density at radius 3 is 2.33 bits per heavy atom. The smallest absolute Gasteiger partial charge is 0.260 e. The molecule has 0 saturated heterocycles. The summed E-state index contributed by atoms with van der Waals surface area (Å²) in [6.45, 7) is 0. The van der Waals surface area contributed by atoms with Crippen LogP contribution >= 0.6 is 11.6 Å². The molecule has 0 atom stereocenters. The van der Waals surface area contributed by atoms with Crippen molar-refractivity contribution in [3.05, 3.63) is 53.1 Å². The molecule has 0 radical (unpaired) electrons. The SMILES string of the molecule is Nc1cc(F)ccc1-c1nc(-c2ccc(F)cc2Cl)no1. The Hall–Kier alpha value is -2.47. The highest BCUT2D eigenvalue weighted by Gasteiger charge is 2.15. The summed E-state index contributed by atoms with van der Waals surface area (Å²) in [7, 11) is 0. The molecule has 0 aliphatic rings. The molecule has 2 aromatic carbocycles. The first-order chi connectivity index (χ1) is 10.0. The molecule has 0 spiro atoms. The summed E-state index contributed by atoms with van der Waals surface area (Å²) in [5.41, 5.74) is 6.72. The first-order valence-corrected chi connectivity index (χ1v) is 6.27. The number of nitrogens with two attached hydrogens (primary N) is 1. The Kier molecular flexibility index (Phi) is 3.31. The van der Waals surface area contributed by atoms with E-state index in [1.54, 1.807) is 0 Å². The zero-order chi connectivity index (χ0) is 15.0. The fourth-order valence-electron chi connectivity index (χ4n) is 1.84. The van der Waals surface area contributed by atoms with Gasteiger partial charge in [-0.1, -0.05) is 16.8 Å². The molecule has 1 heterocycles. The van der Waals surface area contributed by atoms with Gasteiger partial charge in [0.05, 0.1) is 10.6 Å². The number of benzene rings is 2. The molecule has 2 N–H and O–H groups in total. The Bertz CT molecular complexity index is 754. The maximum Gasteiger partial charge on any atom is 0.260 e. The lowest BCUT2D eigenvalue weighted by Gasteiger charge is -2.00. The molecule has 0 saturated carbocycles. The zero-order valence-corrected chi connectivity index (χ0v) is 11.2. The highest BCUT2D eigenvalue weighted by molar-refractivity contribution is 6.33. The van der Waals surface area contributed by atoms with Crippen LogP contribution in [0.1, 0.15) is 0 Å². The number of aromatic nitrogens is 2. The van der Waals surface area contributed by atoms with Gasteiger partial charge in [0.2, 0.25) is 5.82 Å². The third-order valence-corrected chi connectivity index (χ3v) is 3.15. The maximum atomic E-state index is 13.0. The summed E-state index contributed by atoms with van der Waals surface area (Å²) >= 11 is 5.94. The molecule has 106 valence electrons. The van der Waals surface area contributed by atoms with Gasteiger partial charge in [-0.2, -0.15) is 4.98 Å². The van der Waals surface area contributed by atoms with Crippen molar-refractivity contribution in [2.75, 3.05) is 5.73 Å².